The number of benzene rings is 1. The fourth-order valence-electron chi connectivity index (χ4n) is 1.81. The molecule has 1 unspecified atom stereocenters. The van der Waals surface area contributed by atoms with Crippen LogP contribution < -0.4 is 0 Å². The maximum Gasteiger partial charge on any atom is 0.390 e. The van der Waals surface area contributed by atoms with E-state index < -0.39 is 52.7 Å². The van der Waals surface area contributed by atoms with E-state index in [0.29, 0.717) is 0 Å². The Hall–Kier alpha value is -2.23. The number of carbonyl (C=O) groups excluding carboxylic acids is 3. The molecule has 0 saturated heterocycles. The highest BCUT2D eigenvalue weighted by atomic mass is 32.2. The second-order valence-electron chi connectivity index (χ2n) is 4.57. The van der Waals surface area contributed by atoms with Crippen LogP contribution in [0.25, 0.3) is 0 Å². The van der Waals surface area contributed by atoms with E-state index >= 15 is 0 Å². The van der Waals surface area contributed by atoms with Crippen LogP contribution in [-0.2, 0) is 20.4 Å². The molecular formula is C13H10F3NO5S. The van der Waals surface area contributed by atoms with Gasteiger partial charge in [-0.2, -0.15) is 13.2 Å². The standard InChI is InChI=1S/C13H10F3NO5S/c14-13(15,16)5-6-23(21)7-10(18)22-17-11(19)8-3-1-2-4-9(8)12(17)20/h1-4H,5-7H2. The molecule has 2 rings (SSSR count). The van der Waals surface area contributed by atoms with Crippen molar-refractivity contribution >= 4 is 28.6 Å². The summed E-state index contributed by atoms with van der Waals surface area (Å²) in [5.41, 5.74) is 0.0898. The van der Waals surface area contributed by atoms with E-state index in [1.165, 1.54) is 24.3 Å². The third kappa shape index (κ3) is 4.15. The van der Waals surface area contributed by atoms with Crippen molar-refractivity contribution in [2.75, 3.05) is 11.5 Å². The molecule has 0 spiro atoms. The van der Waals surface area contributed by atoms with E-state index in [1.807, 2.05) is 0 Å². The lowest BCUT2D eigenvalue weighted by Crippen LogP contribution is -2.34. The molecule has 0 radical (unpaired) electrons. The maximum atomic E-state index is 12.0. The summed E-state index contributed by atoms with van der Waals surface area (Å²) in [6, 6.07) is 5.76. The highest BCUT2D eigenvalue weighted by Gasteiger charge is 2.38. The number of rotatable bonds is 5. The summed E-state index contributed by atoms with van der Waals surface area (Å²) in [5.74, 6) is -4.55. The number of carbonyl (C=O) groups is 3. The van der Waals surface area contributed by atoms with Crippen LogP contribution in [-0.4, -0.2) is 44.7 Å². The molecule has 0 aliphatic carbocycles. The number of nitrogens with zero attached hydrogens (tertiary/aromatic N) is 1. The van der Waals surface area contributed by atoms with Crippen molar-refractivity contribution in [2.24, 2.45) is 0 Å². The number of fused-ring (bicyclic) bond motifs is 1. The van der Waals surface area contributed by atoms with Gasteiger partial charge in [-0.1, -0.05) is 17.2 Å². The number of hydrogen-bond donors (Lipinski definition) is 0. The van der Waals surface area contributed by atoms with E-state index in [-0.39, 0.29) is 16.2 Å². The minimum absolute atomic E-state index is 0.0449. The van der Waals surface area contributed by atoms with Crippen LogP contribution in [0.4, 0.5) is 13.2 Å². The van der Waals surface area contributed by atoms with Gasteiger partial charge in [-0.25, -0.2) is 4.79 Å². The van der Waals surface area contributed by atoms with Crippen molar-refractivity contribution in [1.82, 2.24) is 5.06 Å². The van der Waals surface area contributed by atoms with Gasteiger partial charge in [-0.15, -0.1) is 0 Å². The zero-order valence-corrected chi connectivity index (χ0v) is 12.3. The summed E-state index contributed by atoms with van der Waals surface area (Å²) in [6.07, 6.45) is -5.79. The van der Waals surface area contributed by atoms with Crippen molar-refractivity contribution in [3.05, 3.63) is 35.4 Å². The Bertz CT molecular complexity index is 653. The third-order valence-corrected chi connectivity index (χ3v) is 4.06. The summed E-state index contributed by atoms with van der Waals surface area (Å²) in [4.78, 5) is 39.9. The van der Waals surface area contributed by atoms with Gasteiger partial charge in [0.2, 0.25) is 0 Å². The van der Waals surface area contributed by atoms with Crippen LogP contribution in [0.5, 0.6) is 0 Å². The van der Waals surface area contributed by atoms with Gasteiger partial charge in [0.15, 0.2) is 0 Å². The molecule has 1 atom stereocenters. The summed E-state index contributed by atoms with van der Waals surface area (Å²) in [6.45, 7) is 0. The van der Waals surface area contributed by atoms with Crippen LogP contribution >= 0.6 is 0 Å². The molecular weight excluding hydrogens is 339 g/mol. The Kier molecular flexibility index (Phi) is 4.83. The summed E-state index contributed by atoms with van der Waals surface area (Å²) in [7, 11) is -2.11. The molecule has 2 amide bonds. The van der Waals surface area contributed by atoms with Crippen LogP contribution in [0.1, 0.15) is 27.1 Å². The van der Waals surface area contributed by atoms with Crippen LogP contribution in [0.3, 0.4) is 0 Å². The molecule has 1 aliphatic heterocycles. The Labute approximate surface area is 130 Å². The zero-order valence-electron chi connectivity index (χ0n) is 11.5. The first-order valence-corrected chi connectivity index (χ1v) is 7.78. The number of imide groups is 1. The Morgan fingerprint density at radius 1 is 1.13 bits per heavy atom. The number of hydroxylamine groups is 2. The molecule has 124 valence electrons. The lowest BCUT2D eigenvalue weighted by Gasteiger charge is -2.12. The zero-order chi connectivity index (χ0) is 17.2. The first-order valence-electron chi connectivity index (χ1n) is 6.29. The van der Waals surface area contributed by atoms with Crippen molar-refractivity contribution in [3.8, 4) is 0 Å². The molecule has 0 N–H and O–H groups in total. The van der Waals surface area contributed by atoms with Gasteiger partial charge in [0, 0.05) is 16.6 Å². The van der Waals surface area contributed by atoms with Crippen LogP contribution in [0.15, 0.2) is 24.3 Å². The van der Waals surface area contributed by atoms with Gasteiger partial charge in [-0.05, 0) is 12.1 Å². The van der Waals surface area contributed by atoms with Crippen molar-refractivity contribution in [1.29, 1.82) is 0 Å². The molecule has 1 heterocycles. The van der Waals surface area contributed by atoms with E-state index in [9.17, 15) is 31.8 Å². The van der Waals surface area contributed by atoms with Crippen molar-refractivity contribution in [3.63, 3.8) is 0 Å². The van der Waals surface area contributed by atoms with Gasteiger partial charge >= 0.3 is 12.1 Å². The lowest BCUT2D eigenvalue weighted by molar-refractivity contribution is -0.165. The normalized spacial score (nSPS) is 15.5. The molecule has 1 aliphatic rings. The number of hydrogen-bond acceptors (Lipinski definition) is 5. The number of halogens is 3. The first-order chi connectivity index (χ1) is 10.7. The van der Waals surface area contributed by atoms with Gasteiger partial charge < -0.3 is 4.84 Å². The fourth-order valence-corrected chi connectivity index (χ4v) is 2.73. The molecule has 23 heavy (non-hydrogen) atoms. The predicted molar refractivity (Wildman–Crippen MR) is 71.6 cm³/mol. The van der Waals surface area contributed by atoms with E-state index in [1.54, 1.807) is 0 Å². The maximum absolute atomic E-state index is 12.0. The fraction of sp³-hybridized carbons (Fsp3) is 0.308. The highest BCUT2D eigenvalue weighted by Crippen LogP contribution is 2.23. The first kappa shape index (κ1) is 17.1. The molecule has 0 bridgehead atoms. The van der Waals surface area contributed by atoms with Crippen molar-refractivity contribution in [2.45, 2.75) is 12.6 Å². The SMILES string of the molecule is O=C(CS(=O)CCC(F)(F)F)ON1C(=O)c2ccccc2C1=O. The Morgan fingerprint density at radius 3 is 2.13 bits per heavy atom. The number of amides is 2. The summed E-state index contributed by atoms with van der Waals surface area (Å²) >= 11 is 0. The lowest BCUT2D eigenvalue weighted by atomic mass is 10.1. The topological polar surface area (TPSA) is 80.8 Å². The average molecular weight is 349 g/mol. The van der Waals surface area contributed by atoms with Gasteiger partial charge in [0.25, 0.3) is 11.8 Å². The summed E-state index contributed by atoms with van der Waals surface area (Å²) < 4.78 is 47.3. The van der Waals surface area contributed by atoms with Gasteiger partial charge in [-0.3, -0.25) is 13.8 Å². The van der Waals surface area contributed by atoms with Crippen LogP contribution in [0.2, 0.25) is 0 Å². The minimum Gasteiger partial charge on any atom is -0.329 e. The van der Waals surface area contributed by atoms with E-state index in [2.05, 4.69) is 4.84 Å². The second kappa shape index (κ2) is 6.49. The van der Waals surface area contributed by atoms with E-state index in [0.717, 1.165) is 0 Å². The van der Waals surface area contributed by atoms with Gasteiger partial charge in [0.05, 0.1) is 17.5 Å². The molecule has 0 saturated carbocycles. The van der Waals surface area contributed by atoms with Gasteiger partial charge in [0.1, 0.15) is 5.75 Å². The Morgan fingerprint density at radius 2 is 1.65 bits per heavy atom. The smallest absolute Gasteiger partial charge is 0.329 e. The summed E-state index contributed by atoms with van der Waals surface area (Å²) in [5, 5.41) is 0.216. The third-order valence-electron chi connectivity index (χ3n) is 2.84. The molecule has 1 aromatic carbocycles. The predicted octanol–water partition coefficient (Wildman–Crippen LogP) is 1.44. The highest BCUT2D eigenvalue weighted by molar-refractivity contribution is 7.85. The monoisotopic (exact) mass is 349 g/mol. The van der Waals surface area contributed by atoms with Crippen LogP contribution in [0, 0.1) is 0 Å². The molecule has 6 nitrogen and oxygen atoms in total. The second-order valence-corrected chi connectivity index (χ2v) is 6.14. The van der Waals surface area contributed by atoms with E-state index in [4.69, 9.17) is 0 Å². The average Bonchev–Trinajstić information content (AvgIpc) is 2.70. The minimum atomic E-state index is -4.48. The quantitative estimate of drug-likeness (QED) is 0.752. The molecule has 10 heteroatoms. The number of alkyl halides is 3. The molecule has 0 aromatic heterocycles. The molecule has 0 fully saturated rings. The largest absolute Gasteiger partial charge is 0.390 e. The van der Waals surface area contributed by atoms with Crippen molar-refractivity contribution < 1.29 is 36.6 Å². The molecule has 1 aromatic rings. The Balaban J connectivity index is 1.93.